The van der Waals surface area contributed by atoms with Crippen LogP contribution in [0.2, 0.25) is 0 Å². The molecule has 0 saturated heterocycles. The third kappa shape index (κ3) is 5.44. The first-order valence-corrected chi connectivity index (χ1v) is 22.4. The van der Waals surface area contributed by atoms with Gasteiger partial charge in [0.05, 0.1) is 16.9 Å². The fourth-order valence-electron chi connectivity index (χ4n) is 6.76. The van der Waals surface area contributed by atoms with Crippen LogP contribution < -0.4 is 25.6 Å². The van der Waals surface area contributed by atoms with Crippen LogP contribution in [0.5, 0.6) is 11.5 Å². The van der Waals surface area contributed by atoms with E-state index in [0.717, 1.165) is 11.5 Å². The molecule has 0 unspecified atom stereocenters. The van der Waals surface area contributed by atoms with Gasteiger partial charge in [0, 0.05) is 20.9 Å². The minimum atomic E-state index is 0.840. The molecule has 0 saturated carbocycles. The summed E-state index contributed by atoms with van der Waals surface area (Å²) in [5, 5.41) is 32.8. The number of benzene rings is 6. The number of rotatable bonds is 2. The summed E-state index contributed by atoms with van der Waals surface area (Å²) in [6.07, 6.45) is 0. The van der Waals surface area contributed by atoms with Gasteiger partial charge in [-0.2, -0.15) is 0 Å². The van der Waals surface area contributed by atoms with Gasteiger partial charge in [0.15, 0.2) is 0 Å². The number of hydrogen-bond acceptors (Lipinski definition) is 9. The van der Waals surface area contributed by atoms with Crippen LogP contribution in [0.25, 0.3) is 60.0 Å². The molecule has 4 aliphatic rings. The Morgan fingerprint density at radius 3 is 0.857 bits per heavy atom. The van der Waals surface area contributed by atoms with Crippen molar-refractivity contribution in [1.82, 2.24) is 0 Å². The van der Waals surface area contributed by atoms with Gasteiger partial charge in [0.2, 0.25) is 0 Å². The second-order valence-corrected chi connectivity index (χ2v) is 19.7. The van der Waals surface area contributed by atoms with E-state index in [1.807, 2.05) is 94.1 Å². The molecule has 4 heterocycles. The van der Waals surface area contributed by atoms with Crippen molar-refractivity contribution in [2.45, 2.75) is 0 Å². The molecule has 49 heavy (non-hydrogen) atoms. The van der Waals surface area contributed by atoms with Gasteiger partial charge < -0.3 is 4.74 Å². The molecule has 10 rings (SSSR count). The van der Waals surface area contributed by atoms with Crippen LogP contribution in [0, 0.1) is 0 Å². The Kier molecular flexibility index (Phi) is 8.38. The monoisotopic (exact) mass is 774 g/mol. The fraction of sp³-hybridized carbons (Fsp3) is 0. The lowest BCUT2D eigenvalue weighted by atomic mass is 9.98. The summed E-state index contributed by atoms with van der Waals surface area (Å²) in [6.45, 7) is 0. The maximum atomic E-state index is 6.85. The highest BCUT2D eigenvalue weighted by Crippen LogP contribution is 2.43. The van der Waals surface area contributed by atoms with Crippen molar-refractivity contribution in [2.75, 3.05) is 0 Å². The first-order valence-electron chi connectivity index (χ1n) is 15.4. The van der Waals surface area contributed by atoms with Gasteiger partial charge in [0.25, 0.3) is 0 Å². The summed E-state index contributed by atoms with van der Waals surface area (Å²) in [5.41, 5.74) is 0. The molecule has 0 aliphatic carbocycles. The average Bonchev–Trinajstić information content (AvgIpc) is 3.98. The third-order valence-electron chi connectivity index (χ3n) is 8.67. The van der Waals surface area contributed by atoms with Gasteiger partial charge in [0.1, 0.15) is 11.5 Å². The van der Waals surface area contributed by atoms with E-state index in [-0.39, 0.29) is 0 Å². The van der Waals surface area contributed by atoms with Crippen molar-refractivity contribution >= 4 is 154 Å². The topological polar surface area (TPSA) is 9.23 Å². The number of ether oxygens (including phenoxy) is 1. The first kappa shape index (κ1) is 31.2. The standard InChI is InChI=1S/C40H22OS8/c1-3-7-27-25(5-1)33(37-42-13-14-43-37)29-11-9-23(21-31(29)35(27)39-46-17-18-47-39)41-24-10-12-30-32(22-24)36(40-48-19-20-49-40)28-8-4-2-6-26(28)34(30)38-44-15-16-45-38/h1-22H. The van der Waals surface area contributed by atoms with Crippen molar-refractivity contribution in [1.29, 1.82) is 0 Å². The number of thioether (sulfide) groups is 8. The Hall–Kier alpha value is -2.60. The third-order valence-corrected chi connectivity index (χ3v) is 17.2. The van der Waals surface area contributed by atoms with E-state index in [0.29, 0.717) is 0 Å². The zero-order valence-corrected chi connectivity index (χ0v) is 31.9. The largest absolute Gasteiger partial charge is 0.457 e. The summed E-state index contributed by atoms with van der Waals surface area (Å²) in [5.74, 6) is 1.68. The quantitative estimate of drug-likeness (QED) is 0.158. The van der Waals surface area contributed by atoms with Crippen molar-refractivity contribution in [2.24, 2.45) is 0 Å². The van der Waals surface area contributed by atoms with E-state index in [9.17, 15) is 0 Å². The molecule has 236 valence electrons. The molecule has 9 heteroatoms. The summed E-state index contributed by atoms with van der Waals surface area (Å²) in [7, 11) is 0. The fourth-order valence-corrected chi connectivity index (χ4v) is 14.4. The second kappa shape index (κ2) is 13.2. The molecule has 0 spiro atoms. The lowest BCUT2D eigenvalue weighted by Crippen LogP contribution is -2.17. The van der Waals surface area contributed by atoms with Gasteiger partial charge >= 0.3 is 0 Å². The van der Waals surface area contributed by atoms with Crippen molar-refractivity contribution in [3.05, 3.63) is 149 Å². The molecule has 0 fully saturated rings. The predicted octanol–water partition coefficient (Wildman–Crippen LogP) is 12.2. The van der Waals surface area contributed by atoms with Gasteiger partial charge in [-0.25, -0.2) is 0 Å². The van der Waals surface area contributed by atoms with Crippen molar-refractivity contribution < 1.29 is 4.74 Å². The maximum Gasteiger partial charge on any atom is 0.128 e. The molecule has 0 amide bonds. The van der Waals surface area contributed by atoms with Crippen molar-refractivity contribution in [3.8, 4) is 11.5 Å². The lowest BCUT2D eigenvalue weighted by molar-refractivity contribution is 0.484. The summed E-state index contributed by atoms with van der Waals surface area (Å²) < 4.78 is 12.1. The SMILES string of the molecule is C1=CSC(=c2c3ccccc3c(=C3SC=CS3)c3cc(Oc4ccc5c(=C6SC=CS6)c6ccccc6c(=C6SC=CS6)c5c4)ccc23)S1. The zero-order chi connectivity index (χ0) is 32.3. The Balaban J connectivity index is 1.22. The normalized spacial score (nSPS) is 17.1. The van der Waals surface area contributed by atoms with Crippen LogP contribution in [0.4, 0.5) is 0 Å². The Morgan fingerprint density at radius 2 is 0.551 bits per heavy atom. The average molecular weight is 775 g/mol. The Morgan fingerprint density at radius 1 is 0.286 bits per heavy atom. The summed E-state index contributed by atoms with van der Waals surface area (Å²) >= 11 is 14.5. The molecular formula is C40H22OS8. The highest BCUT2D eigenvalue weighted by Gasteiger charge is 2.18. The van der Waals surface area contributed by atoms with Crippen LogP contribution in [0.1, 0.15) is 0 Å². The van der Waals surface area contributed by atoms with Crippen LogP contribution in [-0.2, 0) is 0 Å². The molecule has 4 aliphatic heterocycles. The molecule has 0 bridgehead atoms. The molecule has 0 N–H and O–H groups in total. The molecule has 1 nitrogen and oxygen atoms in total. The predicted molar refractivity (Wildman–Crippen MR) is 232 cm³/mol. The van der Waals surface area contributed by atoms with E-state index >= 15 is 0 Å². The van der Waals surface area contributed by atoms with Crippen LogP contribution in [-0.4, -0.2) is 0 Å². The molecule has 6 aromatic rings. The first-order chi connectivity index (χ1) is 24.3. The molecule has 6 aromatic carbocycles. The van der Waals surface area contributed by atoms with E-state index in [1.54, 1.807) is 0 Å². The summed E-state index contributed by atoms with van der Waals surface area (Å²) in [4.78, 5) is 0. The maximum absolute atomic E-state index is 6.85. The van der Waals surface area contributed by atoms with Gasteiger partial charge in [-0.1, -0.05) is 143 Å². The molecule has 0 atom stereocenters. The molecule has 0 aromatic heterocycles. The van der Waals surface area contributed by atoms with Crippen LogP contribution in [0.15, 0.2) is 128 Å². The van der Waals surface area contributed by atoms with E-state index in [1.165, 1.54) is 80.9 Å². The van der Waals surface area contributed by atoms with Crippen LogP contribution in [0.3, 0.4) is 0 Å². The Labute approximate surface area is 316 Å². The van der Waals surface area contributed by atoms with Crippen molar-refractivity contribution in [3.63, 3.8) is 0 Å². The molecule has 0 radical (unpaired) electrons. The van der Waals surface area contributed by atoms with Gasteiger partial charge in [-0.05, 0) is 123 Å². The summed E-state index contributed by atoms with van der Waals surface area (Å²) in [6, 6.07) is 31.1. The number of fused-ring (bicyclic) bond motifs is 4. The van der Waals surface area contributed by atoms with E-state index in [2.05, 4.69) is 128 Å². The van der Waals surface area contributed by atoms with E-state index in [4.69, 9.17) is 4.74 Å². The van der Waals surface area contributed by atoms with Gasteiger partial charge in [-0.3, -0.25) is 0 Å². The Bertz CT molecular complexity index is 2580. The highest BCUT2D eigenvalue weighted by molar-refractivity contribution is 8.36. The second-order valence-electron chi connectivity index (χ2n) is 11.3. The smallest absolute Gasteiger partial charge is 0.128 e. The van der Waals surface area contributed by atoms with E-state index < -0.39 is 0 Å². The number of hydrogen-bond donors (Lipinski definition) is 0. The zero-order valence-electron chi connectivity index (χ0n) is 25.4. The minimum Gasteiger partial charge on any atom is -0.457 e. The van der Waals surface area contributed by atoms with Gasteiger partial charge in [-0.15, -0.1) is 0 Å². The minimum absolute atomic E-state index is 0.840. The molecular weight excluding hydrogens is 753 g/mol. The lowest BCUT2D eigenvalue weighted by Gasteiger charge is -2.14. The van der Waals surface area contributed by atoms with Crippen LogP contribution >= 0.6 is 94.1 Å². The highest BCUT2D eigenvalue weighted by atomic mass is 32.2.